The number of anilines is 1. The van der Waals surface area contributed by atoms with Gasteiger partial charge in [0.05, 0.1) is 12.4 Å². The van der Waals surface area contributed by atoms with Gasteiger partial charge in [0.1, 0.15) is 22.4 Å². The molecule has 0 bridgehead atoms. The van der Waals surface area contributed by atoms with Gasteiger partial charge in [-0.25, -0.2) is 9.37 Å². The van der Waals surface area contributed by atoms with E-state index in [-0.39, 0.29) is 21.8 Å². The van der Waals surface area contributed by atoms with Crippen LogP contribution >= 0.6 is 12.2 Å². The van der Waals surface area contributed by atoms with Crippen molar-refractivity contribution < 1.29 is 19.3 Å². The molecule has 3 heterocycles. The van der Waals surface area contributed by atoms with Gasteiger partial charge >= 0.3 is 0 Å². The summed E-state index contributed by atoms with van der Waals surface area (Å²) in [4.78, 5) is 10.7. The lowest BCUT2D eigenvalue weighted by Crippen LogP contribution is -2.43. The van der Waals surface area contributed by atoms with E-state index in [4.69, 9.17) is 29.1 Å². The predicted molar refractivity (Wildman–Crippen MR) is 81.4 cm³/mol. The Morgan fingerprint density at radius 2 is 2.39 bits per heavy atom. The Balaban J connectivity index is 2.18. The number of alkyl halides is 1. The zero-order valence-electron chi connectivity index (χ0n) is 12.0. The number of imidazole rings is 1. The summed E-state index contributed by atoms with van der Waals surface area (Å²) in [5.41, 5.74) is 3.48. The van der Waals surface area contributed by atoms with Crippen molar-refractivity contribution in [2.75, 3.05) is 5.73 Å². The first kappa shape index (κ1) is 15.8. The molecule has 23 heavy (non-hydrogen) atoms. The van der Waals surface area contributed by atoms with Crippen molar-refractivity contribution in [1.82, 2.24) is 19.5 Å². The topological polar surface area (TPSA) is 122 Å². The lowest BCUT2D eigenvalue weighted by molar-refractivity contribution is -0.0776. The van der Waals surface area contributed by atoms with E-state index in [9.17, 15) is 10.2 Å². The fourth-order valence-corrected chi connectivity index (χ4v) is 2.87. The Kier molecular flexibility index (Phi) is 3.61. The molecule has 0 amide bonds. The van der Waals surface area contributed by atoms with E-state index in [1.807, 2.05) is 5.92 Å². The van der Waals surface area contributed by atoms with Crippen molar-refractivity contribution in [2.45, 2.75) is 37.1 Å². The minimum Gasteiger partial charge on any atom is -0.391 e. The van der Waals surface area contributed by atoms with Crippen molar-refractivity contribution in [2.24, 2.45) is 0 Å². The van der Waals surface area contributed by atoms with Gasteiger partial charge in [-0.3, -0.25) is 4.57 Å². The number of aliphatic hydroxyl groups excluding tert-OH is 2. The molecule has 2 aromatic rings. The molecule has 0 radical (unpaired) electrons. The van der Waals surface area contributed by atoms with Gasteiger partial charge in [-0.2, -0.15) is 4.98 Å². The monoisotopic (exact) mass is 339 g/mol. The number of nitrogen functional groups attached to an aromatic ring is 1. The molecule has 5 atom stereocenters. The van der Waals surface area contributed by atoms with Crippen LogP contribution in [0.3, 0.4) is 0 Å². The number of ether oxygens (including phenoxy) is 1. The first-order chi connectivity index (χ1) is 10.8. The van der Waals surface area contributed by atoms with Crippen LogP contribution in [-0.2, 0) is 4.74 Å². The number of nitrogens with zero attached hydrogens (tertiary/aromatic N) is 3. The molecule has 0 spiro atoms. The molecule has 122 valence electrons. The first-order valence-corrected chi connectivity index (χ1v) is 7.11. The molecule has 8 nitrogen and oxygen atoms in total. The van der Waals surface area contributed by atoms with Gasteiger partial charge in [0.2, 0.25) is 11.6 Å². The molecular formula is C13H14FN5O3S. The third kappa shape index (κ3) is 2.21. The highest BCUT2D eigenvalue weighted by atomic mass is 32.1. The van der Waals surface area contributed by atoms with Crippen molar-refractivity contribution in [3.8, 4) is 12.3 Å². The molecule has 0 saturated carbocycles. The van der Waals surface area contributed by atoms with Crippen molar-refractivity contribution in [1.29, 1.82) is 0 Å². The third-order valence-electron chi connectivity index (χ3n) is 3.79. The van der Waals surface area contributed by atoms with Crippen LogP contribution in [0, 0.1) is 17.0 Å². The quantitative estimate of drug-likeness (QED) is 0.450. The minimum atomic E-state index is -2.58. The van der Waals surface area contributed by atoms with Crippen LogP contribution < -0.4 is 5.73 Å². The molecule has 3 rings (SSSR count). The maximum atomic E-state index is 15.1. The summed E-state index contributed by atoms with van der Waals surface area (Å²) in [6.07, 6.45) is 1.03. The fourth-order valence-electron chi connectivity index (χ4n) is 2.62. The van der Waals surface area contributed by atoms with Crippen LogP contribution in [0.1, 0.15) is 13.2 Å². The molecule has 5 N–H and O–H groups in total. The van der Waals surface area contributed by atoms with Gasteiger partial charge in [-0.05, 0) is 6.92 Å². The largest absolute Gasteiger partial charge is 0.391 e. The summed E-state index contributed by atoms with van der Waals surface area (Å²) in [6.45, 7) is 1.37. The second-order valence-electron chi connectivity index (χ2n) is 5.33. The Hall–Kier alpha value is -2.06. The number of terminal acetylenes is 1. The average molecular weight is 339 g/mol. The summed E-state index contributed by atoms with van der Waals surface area (Å²) in [6, 6.07) is 0. The van der Waals surface area contributed by atoms with Gasteiger partial charge in [-0.15, -0.1) is 6.42 Å². The molecule has 2 aromatic heterocycles. The number of hydrogen-bond donors (Lipinski definition) is 4. The van der Waals surface area contributed by atoms with Gasteiger partial charge in [-0.1, -0.05) is 18.1 Å². The fraction of sp³-hybridized carbons (Fsp3) is 0.462. The minimum absolute atomic E-state index is 0.0139. The normalized spacial score (nSPS) is 32.0. The molecule has 1 saturated heterocycles. The van der Waals surface area contributed by atoms with Crippen LogP contribution in [-0.4, -0.2) is 53.7 Å². The maximum Gasteiger partial charge on any atom is 0.243 e. The van der Waals surface area contributed by atoms with Crippen LogP contribution in [0.2, 0.25) is 0 Å². The van der Waals surface area contributed by atoms with E-state index >= 15 is 4.39 Å². The molecule has 1 fully saturated rings. The Morgan fingerprint density at radius 1 is 1.70 bits per heavy atom. The number of fused-ring (bicyclic) bond motifs is 1. The Labute approximate surface area is 135 Å². The number of rotatable bonds is 2. The number of aliphatic hydroxyl groups is 2. The van der Waals surface area contributed by atoms with Gasteiger partial charge in [0.15, 0.2) is 11.9 Å². The molecule has 1 unspecified atom stereocenters. The van der Waals surface area contributed by atoms with E-state index < -0.39 is 30.2 Å². The number of hydrogen-bond acceptors (Lipinski definition) is 7. The number of aromatic amines is 1. The van der Waals surface area contributed by atoms with E-state index in [1.165, 1.54) is 17.8 Å². The van der Waals surface area contributed by atoms with Gasteiger partial charge < -0.3 is 25.7 Å². The smallest absolute Gasteiger partial charge is 0.243 e. The number of nitrogens with two attached hydrogens (primary N) is 1. The van der Waals surface area contributed by atoms with Crippen molar-refractivity contribution in [3.63, 3.8) is 0 Å². The second kappa shape index (κ2) is 5.24. The lowest BCUT2D eigenvalue weighted by atomic mass is 9.95. The number of halogens is 1. The lowest BCUT2D eigenvalue weighted by Gasteiger charge is -2.23. The van der Waals surface area contributed by atoms with Gasteiger partial charge in [0, 0.05) is 0 Å². The maximum absolute atomic E-state index is 15.1. The summed E-state index contributed by atoms with van der Waals surface area (Å²) >= 11 is 5.09. The molecule has 1 aliphatic rings. The SMILES string of the molecule is C#CC1(F)[C@@H](O)[C@@H]([C@@H](C)O)O[C@H]1n1cnc2c(=S)[nH]c(N)nc21. The summed E-state index contributed by atoms with van der Waals surface area (Å²) < 4.78 is 22.0. The highest BCUT2D eigenvalue weighted by Gasteiger charge is 2.59. The average Bonchev–Trinajstić information content (AvgIpc) is 3.00. The molecule has 1 aliphatic heterocycles. The number of nitrogens with one attached hydrogen (secondary N) is 1. The number of H-pyrrole nitrogens is 1. The van der Waals surface area contributed by atoms with Crippen LogP contribution in [0.4, 0.5) is 10.3 Å². The molecule has 10 heteroatoms. The molecule has 0 aromatic carbocycles. The summed E-state index contributed by atoms with van der Waals surface area (Å²) in [5.74, 6) is 1.93. The van der Waals surface area contributed by atoms with E-state index in [1.54, 1.807) is 0 Å². The molecular weight excluding hydrogens is 325 g/mol. The first-order valence-electron chi connectivity index (χ1n) is 6.70. The Morgan fingerprint density at radius 3 is 3.00 bits per heavy atom. The molecule has 0 aliphatic carbocycles. The van der Waals surface area contributed by atoms with Crippen LogP contribution in [0.15, 0.2) is 6.33 Å². The van der Waals surface area contributed by atoms with E-state index in [2.05, 4.69) is 15.0 Å². The third-order valence-corrected chi connectivity index (χ3v) is 4.08. The highest BCUT2D eigenvalue weighted by Crippen LogP contribution is 2.43. The predicted octanol–water partition coefficient (Wildman–Crippen LogP) is 0.0517. The second-order valence-corrected chi connectivity index (χ2v) is 5.73. The zero-order valence-corrected chi connectivity index (χ0v) is 12.8. The summed E-state index contributed by atoms with van der Waals surface area (Å²) in [7, 11) is 0. The Bertz CT molecular complexity index is 859. The van der Waals surface area contributed by atoms with Crippen LogP contribution in [0.25, 0.3) is 11.2 Å². The van der Waals surface area contributed by atoms with E-state index in [0.717, 1.165) is 0 Å². The van der Waals surface area contributed by atoms with Crippen LogP contribution in [0.5, 0.6) is 0 Å². The standard InChI is InChI=1S/C13H14FN5O3S/c1-3-13(14)8(21)7(5(2)20)22-11(13)19-4-16-6-9(19)17-12(15)18-10(6)23/h1,4-5,7-8,11,20-21H,2H3,(H3,15,17,18,23)/t5-,7-,8+,11-,13?/m1/s1. The number of aromatic nitrogens is 4. The van der Waals surface area contributed by atoms with E-state index in [0.29, 0.717) is 0 Å². The van der Waals surface area contributed by atoms with Crippen molar-refractivity contribution in [3.05, 3.63) is 11.0 Å². The highest BCUT2D eigenvalue weighted by molar-refractivity contribution is 7.71. The zero-order chi connectivity index (χ0) is 16.9. The van der Waals surface area contributed by atoms with Gasteiger partial charge in [0.25, 0.3) is 0 Å². The van der Waals surface area contributed by atoms with Crippen molar-refractivity contribution >= 4 is 29.3 Å². The summed E-state index contributed by atoms with van der Waals surface area (Å²) in [5, 5.41) is 19.8.